The number of rotatable bonds is 7. The Labute approximate surface area is 139 Å². The van der Waals surface area contributed by atoms with Crippen LogP contribution in [0.4, 0.5) is 0 Å². The molecule has 0 aliphatic heterocycles. The molecule has 126 valence electrons. The zero-order chi connectivity index (χ0) is 16.9. The number of hydrogen-bond acceptors (Lipinski definition) is 5. The summed E-state index contributed by atoms with van der Waals surface area (Å²) in [5.41, 5.74) is 0.457. The standard InChI is InChI=1S/C17H21N5O2/c1-21(9-6-10-24-13-7-4-3-5-8-13)12-15-19-16-14(17(23)20-15)11-18-22(16)2/h3-5,7-8,11H,6,9-10,12H2,1-2H3,(H,19,20,23). The highest BCUT2D eigenvalue weighted by molar-refractivity contribution is 5.72. The van der Waals surface area contributed by atoms with Gasteiger partial charge in [-0.05, 0) is 25.6 Å². The van der Waals surface area contributed by atoms with Crippen LogP contribution in [-0.2, 0) is 13.6 Å². The number of benzene rings is 1. The van der Waals surface area contributed by atoms with E-state index in [2.05, 4.69) is 20.0 Å². The first-order valence-electron chi connectivity index (χ1n) is 7.91. The lowest BCUT2D eigenvalue weighted by Gasteiger charge is -2.16. The molecule has 1 aromatic carbocycles. The molecule has 0 spiro atoms. The van der Waals surface area contributed by atoms with Gasteiger partial charge >= 0.3 is 0 Å². The summed E-state index contributed by atoms with van der Waals surface area (Å²) in [6.07, 6.45) is 2.43. The largest absolute Gasteiger partial charge is 0.494 e. The van der Waals surface area contributed by atoms with Gasteiger partial charge in [0.05, 0.1) is 19.3 Å². The third kappa shape index (κ3) is 3.80. The molecule has 0 bridgehead atoms. The molecule has 0 fully saturated rings. The topological polar surface area (TPSA) is 76.0 Å². The van der Waals surface area contributed by atoms with Crippen molar-refractivity contribution < 1.29 is 4.74 Å². The van der Waals surface area contributed by atoms with Crippen LogP contribution in [0.5, 0.6) is 5.75 Å². The maximum absolute atomic E-state index is 12.0. The first-order valence-corrected chi connectivity index (χ1v) is 7.91. The minimum Gasteiger partial charge on any atom is -0.494 e. The molecule has 2 heterocycles. The number of nitrogens with one attached hydrogen (secondary N) is 1. The quantitative estimate of drug-likeness (QED) is 0.667. The highest BCUT2D eigenvalue weighted by atomic mass is 16.5. The van der Waals surface area contributed by atoms with E-state index in [1.165, 1.54) is 6.20 Å². The molecule has 0 amide bonds. The summed E-state index contributed by atoms with van der Waals surface area (Å²) in [5.74, 6) is 1.52. The van der Waals surface area contributed by atoms with E-state index in [1.54, 1.807) is 11.7 Å². The minimum absolute atomic E-state index is 0.149. The number of nitrogens with zero attached hydrogens (tertiary/aromatic N) is 4. The van der Waals surface area contributed by atoms with Gasteiger partial charge in [-0.3, -0.25) is 14.4 Å². The van der Waals surface area contributed by atoms with Crippen LogP contribution in [0.3, 0.4) is 0 Å². The number of hydrogen-bond donors (Lipinski definition) is 1. The van der Waals surface area contributed by atoms with Crippen molar-refractivity contribution in [3.05, 3.63) is 52.7 Å². The van der Waals surface area contributed by atoms with E-state index in [0.717, 1.165) is 18.7 Å². The summed E-state index contributed by atoms with van der Waals surface area (Å²) < 4.78 is 7.29. The summed E-state index contributed by atoms with van der Waals surface area (Å²) in [6.45, 7) is 2.07. The lowest BCUT2D eigenvalue weighted by atomic mass is 10.3. The highest BCUT2D eigenvalue weighted by Gasteiger charge is 2.09. The number of aromatic amines is 1. The van der Waals surface area contributed by atoms with Crippen LogP contribution in [0.25, 0.3) is 11.0 Å². The van der Waals surface area contributed by atoms with E-state index < -0.39 is 0 Å². The van der Waals surface area contributed by atoms with Gasteiger partial charge in [0.1, 0.15) is 17.0 Å². The van der Waals surface area contributed by atoms with Crippen LogP contribution < -0.4 is 10.3 Å². The molecular weight excluding hydrogens is 306 g/mol. The van der Waals surface area contributed by atoms with Crippen LogP contribution >= 0.6 is 0 Å². The molecule has 3 aromatic rings. The maximum atomic E-state index is 12.0. The Hall–Kier alpha value is -2.67. The van der Waals surface area contributed by atoms with Crippen molar-refractivity contribution in [1.29, 1.82) is 0 Å². The second-order valence-corrected chi connectivity index (χ2v) is 5.77. The molecule has 2 aromatic heterocycles. The van der Waals surface area contributed by atoms with Gasteiger partial charge in [0.2, 0.25) is 0 Å². The van der Waals surface area contributed by atoms with E-state index >= 15 is 0 Å². The molecule has 0 aliphatic rings. The fraction of sp³-hybridized carbons (Fsp3) is 0.353. The molecule has 0 radical (unpaired) electrons. The molecule has 0 saturated heterocycles. The van der Waals surface area contributed by atoms with Crippen molar-refractivity contribution in [1.82, 2.24) is 24.6 Å². The zero-order valence-corrected chi connectivity index (χ0v) is 13.9. The fourth-order valence-electron chi connectivity index (χ4n) is 2.53. The zero-order valence-electron chi connectivity index (χ0n) is 13.9. The van der Waals surface area contributed by atoms with E-state index in [0.29, 0.717) is 30.0 Å². The van der Waals surface area contributed by atoms with Crippen molar-refractivity contribution in [2.24, 2.45) is 7.05 Å². The lowest BCUT2D eigenvalue weighted by Crippen LogP contribution is -2.24. The van der Waals surface area contributed by atoms with Crippen LogP contribution in [0.15, 0.2) is 41.3 Å². The van der Waals surface area contributed by atoms with Gasteiger partial charge in [-0.1, -0.05) is 18.2 Å². The smallest absolute Gasteiger partial charge is 0.262 e. The highest BCUT2D eigenvalue weighted by Crippen LogP contribution is 2.09. The second kappa shape index (κ2) is 7.27. The normalized spacial score (nSPS) is 11.3. The first-order chi connectivity index (χ1) is 11.6. The molecule has 0 atom stereocenters. The third-order valence-corrected chi connectivity index (χ3v) is 3.77. The van der Waals surface area contributed by atoms with Crippen molar-refractivity contribution >= 4 is 11.0 Å². The molecule has 1 N–H and O–H groups in total. The van der Waals surface area contributed by atoms with Gasteiger partial charge in [-0.25, -0.2) is 4.98 Å². The number of para-hydroxylation sites is 1. The molecule has 0 unspecified atom stereocenters. The number of aryl methyl sites for hydroxylation is 1. The molecule has 3 rings (SSSR count). The van der Waals surface area contributed by atoms with Crippen molar-refractivity contribution in [3.63, 3.8) is 0 Å². The summed E-state index contributed by atoms with van der Waals surface area (Å²) in [4.78, 5) is 21.4. The summed E-state index contributed by atoms with van der Waals surface area (Å²) >= 11 is 0. The monoisotopic (exact) mass is 327 g/mol. The maximum Gasteiger partial charge on any atom is 0.262 e. The first kappa shape index (κ1) is 16.2. The molecule has 0 aliphatic carbocycles. The predicted octanol–water partition coefficient (Wildman–Crippen LogP) is 1.56. The molecule has 7 nitrogen and oxygen atoms in total. The van der Waals surface area contributed by atoms with Crippen LogP contribution in [0.2, 0.25) is 0 Å². The fourth-order valence-corrected chi connectivity index (χ4v) is 2.53. The summed E-state index contributed by atoms with van der Waals surface area (Å²) in [6, 6.07) is 9.77. The van der Waals surface area contributed by atoms with Gasteiger partial charge < -0.3 is 9.72 Å². The summed E-state index contributed by atoms with van der Waals surface area (Å²) in [5, 5.41) is 4.58. The van der Waals surface area contributed by atoms with Gasteiger partial charge in [0.25, 0.3) is 5.56 Å². The van der Waals surface area contributed by atoms with Crippen LogP contribution in [0, 0.1) is 0 Å². The molecular formula is C17H21N5O2. The SMILES string of the molecule is CN(CCCOc1ccccc1)Cc1nc2c(cnn2C)c(=O)[nH]1. The Morgan fingerprint density at radius 3 is 2.88 bits per heavy atom. The number of ether oxygens (including phenoxy) is 1. The Bertz CT molecular complexity index is 856. The Kier molecular flexibility index (Phi) is 4.90. The molecule has 7 heteroatoms. The molecule has 0 saturated carbocycles. The van der Waals surface area contributed by atoms with Crippen LogP contribution in [-0.4, -0.2) is 44.8 Å². The minimum atomic E-state index is -0.149. The van der Waals surface area contributed by atoms with Crippen molar-refractivity contribution in [2.45, 2.75) is 13.0 Å². The van der Waals surface area contributed by atoms with E-state index in [-0.39, 0.29) is 5.56 Å². The van der Waals surface area contributed by atoms with E-state index in [1.807, 2.05) is 37.4 Å². The van der Waals surface area contributed by atoms with Gasteiger partial charge in [0, 0.05) is 13.6 Å². The number of H-pyrrole nitrogens is 1. The summed E-state index contributed by atoms with van der Waals surface area (Å²) in [7, 11) is 3.78. The average Bonchev–Trinajstić information content (AvgIpc) is 2.94. The van der Waals surface area contributed by atoms with E-state index in [4.69, 9.17) is 4.74 Å². The van der Waals surface area contributed by atoms with Crippen molar-refractivity contribution in [2.75, 3.05) is 20.2 Å². The van der Waals surface area contributed by atoms with Crippen LogP contribution in [0.1, 0.15) is 12.2 Å². The van der Waals surface area contributed by atoms with Gasteiger partial charge in [0.15, 0.2) is 5.65 Å². The number of fused-ring (bicyclic) bond motifs is 1. The van der Waals surface area contributed by atoms with Gasteiger partial charge in [-0.15, -0.1) is 0 Å². The number of aromatic nitrogens is 4. The van der Waals surface area contributed by atoms with Crippen molar-refractivity contribution in [3.8, 4) is 5.75 Å². The Balaban J connectivity index is 1.52. The second-order valence-electron chi connectivity index (χ2n) is 5.77. The molecule has 24 heavy (non-hydrogen) atoms. The third-order valence-electron chi connectivity index (χ3n) is 3.77. The predicted molar refractivity (Wildman–Crippen MR) is 92.0 cm³/mol. The average molecular weight is 327 g/mol. The van der Waals surface area contributed by atoms with E-state index in [9.17, 15) is 4.79 Å². The Morgan fingerprint density at radius 1 is 1.29 bits per heavy atom. The lowest BCUT2D eigenvalue weighted by molar-refractivity contribution is 0.255. The Morgan fingerprint density at radius 2 is 2.08 bits per heavy atom. The van der Waals surface area contributed by atoms with Gasteiger partial charge in [-0.2, -0.15) is 5.10 Å².